The Morgan fingerprint density at radius 2 is 1.19 bits per heavy atom. The molecule has 0 N–H and O–H groups in total. The summed E-state index contributed by atoms with van der Waals surface area (Å²) in [5, 5.41) is 2.07. The van der Waals surface area contributed by atoms with Crippen LogP contribution in [0.2, 0.25) is 0 Å². The molecule has 4 aromatic carbocycles. The molecule has 4 rings (SSSR count). The van der Waals surface area contributed by atoms with Gasteiger partial charge in [-0.3, -0.25) is 0 Å². The van der Waals surface area contributed by atoms with Crippen molar-refractivity contribution >= 4 is 10.8 Å². The number of halogens is 4. The number of unbranched alkanes of at least 4 members (excludes halogenated alkanes) is 2. The zero-order valence-electron chi connectivity index (χ0n) is 17.2. The van der Waals surface area contributed by atoms with Crippen molar-refractivity contribution in [3.05, 3.63) is 95.6 Å². The molecule has 0 aliphatic carbocycles. The number of aryl methyl sites for hydroxylation is 1. The summed E-state index contributed by atoms with van der Waals surface area (Å²) in [7, 11) is 0. The van der Waals surface area contributed by atoms with E-state index >= 15 is 0 Å². The van der Waals surface area contributed by atoms with E-state index in [1.54, 1.807) is 0 Å². The summed E-state index contributed by atoms with van der Waals surface area (Å²) < 4.78 is 56.2. The molecule has 0 aliphatic rings. The van der Waals surface area contributed by atoms with Gasteiger partial charge in [-0.25, -0.2) is 17.6 Å². The van der Waals surface area contributed by atoms with E-state index in [9.17, 15) is 17.6 Å². The average molecular weight is 422 g/mol. The second kappa shape index (κ2) is 8.93. The van der Waals surface area contributed by atoms with E-state index in [0.717, 1.165) is 41.8 Å². The fraction of sp³-hybridized carbons (Fsp3) is 0.185. The third-order valence-corrected chi connectivity index (χ3v) is 5.56. The van der Waals surface area contributed by atoms with Crippen LogP contribution in [0.15, 0.2) is 66.7 Å². The highest BCUT2D eigenvalue weighted by molar-refractivity contribution is 5.88. The second-order valence-electron chi connectivity index (χ2n) is 7.80. The predicted molar refractivity (Wildman–Crippen MR) is 118 cm³/mol. The molecular weight excluding hydrogens is 400 g/mol. The minimum absolute atomic E-state index is 0.0467. The van der Waals surface area contributed by atoms with Crippen molar-refractivity contribution in [2.75, 3.05) is 0 Å². The van der Waals surface area contributed by atoms with E-state index in [-0.39, 0.29) is 11.1 Å². The quantitative estimate of drug-likeness (QED) is 0.216. The fourth-order valence-corrected chi connectivity index (χ4v) is 3.88. The van der Waals surface area contributed by atoms with Gasteiger partial charge in [0.1, 0.15) is 11.6 Å². The highest BCUT2D eigenvalue weighted by Gasteiger charge is 2.16. The molecule has 4 aromatic rings. The molecule has 0 spiro atoms. The van der Waals surface area contributed by atoms with Crippen LogP contribution in [0.5, 0.6) is 0 Å². The summed E-state index contributed by atoms with van der Waals surface area (Å²) in [6, 6.07) is 17.2. The lowest BCUT2D eigenvalue weighted by molar-refractivity contribution is 0.508. The standard InChI is InChI=1S/C27H22F4/c1-2-3-4-5-17-6-7-19-13-20(9-8-18(19)12-17)22-15-25(30)27(26(31)16-22)21-10-11-23(28)24(29)14-21/h6-16H,2-5H2,1H3. The molecule has 0 saturated heterocycles. The maximum Gasteiger partial charge on any atom is 0.159 e. The molecule has 158 valence electrons. The molecule has 0 aromatic heterocycles. The third-order valence-electron chi connectivity index (χ3n) is 5.56. The van der Waals surface area contributed by atoms with Crippen LogP contribution in [0, 0.1) is 23.3 Å². The zero-order valence-corrected chi connectivity index (χ0v) is 17.2. The summed E-state index contributed by atoms with van der Waals surface area (Å²) in [6.45, 7) is 2.18. The van der Waals surface area contributed by atoms with Gasteiger partial charge < -0.3 is 0 Å². The summed E-state index contributed by atoms with van der Waals surface area (Å²) in [5.74, 6) is -3.87. The maximum atomic E-state index is 14.8. The SMILES string of the molecule is CCCCCc1ccc2cc(-c3cc(F)c(-c4ccc(F)c(F)c4)c(F)c3)ccc2c1. The average Bonchev–Trinajstić information content (AvgIpc) is 2.75. The van der Waals surface area contributed by atoms with Gasteiger partial charge in [0.25, 0.3) is 0 Å². The van der Waals surface area contributed by atoms with E-state index in [1.165, 1.54) is 30.5 Å². The Labute approximate surface area is 179 Å². The third kappa shape index (κ3) is 4.48. The summed E-state index contributed by atoms with van der Waals surface area (Å²) in [6.07, 6.45) is 4.57. The van der Waals surface area contributed by atoms with Gasteiger partial charge >= 0.3 is 0 Å². The molecule has 0 nitrogen and oxygen atoms in total. The van der Waals surface area contributed by atoms with Gasteiger partial charge in [0.05, 0.1) is 5.56 Å². The second-order valence-corrected chi connectivity index (χ2v) is 7.80. The molecule has 31 heavy (non-hydrogen) atoms. The Hall–Kier alpha value is -3.14. The van der Waals surface area contributed by atoms with Gasteiger partial charge in [0.2, 0.25) is 0 Å². The van der Waals surface area contributed by atoms with Crippen LogP contribution in [-0.2, 0) is 6.42 Å². The van der Waals surface area contributed by atoms with Crippen LogP contribution < -0.4 is 0 Å². The van der Waals surface area contributed by atoms with E-state index in [4.69, 9.17) is 0 Å². The first-order chi connectivity index (χ1) is 15.0. The molecule has 0 aliphatic heterocycles. The van der Waals surface area contributed by atoms with Gasteiger partial charge in [-0.05, 0) is 76.2 Å². The van der Waals surface area contributed by atoms with E-state index in [2.05, 4.69) is 19.1 Å². The number of rotatable bonds is 6. The van der Waals surface area contributed by atoms with Crippen molar-refractivity contribution in [1.82, 2.24) is 0 Å². The molecule has 0 atom stereocenters. The molecule has 0 amide bonds. The smallest absolute Gasteiger partial charge is 0.159 e. The van der Waals surface area contributed by atoms with Crippen molar-refractivity contribution in [3.63, 3.8) is 0 Å². The molecule has 0 unspecified atom stereocenters. The molecule has 0 fully saturated rings. The van der Waals surface area contributed by atoms with E-state index < -0.39 is 23.3 Å². The van der Waals surface area contributed by atoms with Crippen LogP contribution in [-0.4, -0.2) is 0 Å². The highest BCUT2D eigenvalue weighted by Crippen LogP contribution is 2.33. The lowest BCUT2D eigenvalue weighted by Crippen LogP contribution is -1.94. The van der Waals surface area contributed by atoms with Crippen LogP contribution >= 0.6 is 0 Å². The van der Waals surface area contributed by atoms with Crippen LogP contribution in [0.4, 0.5) is 17.6 Å². The summed E-state index contributed by atoms with van der Waals surface area (Å²) in [5.41, 5.74) is 1.92. The summed E-state index contributed by atoms with van der Waals surface area (Å²) >= 11 is 0. The monoisotopic (exact) mass is 422 g/mol. The van der Waals surface area contributed by atoms with Gasteiger partial charge in [-0.1, -0.05) is 56.2 Å². The fourth-order valence-electron chi connectivity index (χ4n) is 3.88. The molecule has 0 saturated carbocycles. The van der Waals surface area contributed by atoms with E-state index in [0.29, 0.717) is 11.1 Å². The number of hydrogen-bond donors (Lipinski definition) is 0. The Morgan fingerprint density at radius 3 is 1.90 bits per heavy atom. The highest BCUT2D eigenvalue weighted by atomic mass is 19.2. The number of benzene rings is 4. The minimum Gasteiger partial charge on any atom is -0.206 e. The van der Waals surface area contributed by atoms with E-state index in [1.807, 2.05) is 24.3 Å². The van der Waals surface area contributed by atoms with Crippen molar-refractivity contribution in [3.8, 4) is 22.3 Å². The first-order valence-electron chi connectivity index (χ1n) is 10.4. The Balaban J connectivity index is 1.67. The lowest BCUT2D eigenvalue weighted by atomic mass is 9.96. The molecule has 4 heteroatoms. The van der Waals surface area contributed by atoms with Crippen molar-refractivity contribution in [1.29, 1.82) is 0 Å². The van der Waals surface area contributed by atoms with Gasteiger partial charge in [-0.2, -0.15) is 0 Å². The predicted octanol–water partition coefficient (Wildman–Crippen LogP) is 8.46. The maximum absolute atomic E-state index is 14.8. The Morgan fingerprint density at radius 1 is 0.548 bits per heavy atom. The van der Waals surface area contributed by atoms with Gasteiger partial charge in [0, 0.05) is 0 Å². The van der Waals surface area contributed by atoms with Crippen LogP contribution in [0.1, 0.15) is 31.7 Å². The Bertz CT molecular complexity index is 1220. The summed E-state index contributed by atoms with van der Waals surface area (Å²) in [4.78, 5) is 0. The normalized spacial score (nSPS) is 11.3. The van der Waals surface area contributed by atoms with Gasteiger partial charge in [0.15, 0.2) is 11.6 Å². The molecule has 0 heterocycles. The van der Waals surface area contributed by atoms with Crippen molar-refractivity contribution in [2.24, 2.45) is 0 Å². The van der Waals surface area contributed by atoms with Gasteiger partial charge in [-0.15, -0.1) is 0 Å². The first-order valence-corrected chi connectivity index (χ1v) is 10.4. The van der Waals surface area contributed by atoms with Crippen LogP contribution in [0.3, 0.4) is 0 Å². The van der Waals surface area contributed by atoms with Crippen LogP contribution in [0.25, 0.3) is 33.0 Å². The first kappa shape index (κ1) is 21.1. The minimum atomic E-state index is -1.15. The number of fused-ring (bicyclic) bond motifs is 1. The van der Waals surface area contributed by atoms with Crippen molar-refractivity contribution < 1.29 is 17.6 Å². The largest absolute Gasteiger partial charge is 0.206 e. The molecule has 0 radical (unpaired) electrons. The number of hydrogen-bond acceptors (Lipinski definition) is 0. The Kier molecular flexibility index (Phi) is 6.08. The topological polar surface area (TPSA) is 0 Å². The lowest BCUT2D eigenvalue weighted by Gasteiger charge is -2.11. The zero-order chi connectivity index (χ0) is 22.0. The molecule has 0 bridgehead atoms. The molecular formula is C27H22F4. The van der Waals surface area contributed by atoms with Crippen molar-refractivity contribution in [2.45, 2.75) is 32.6 Å².